The maximum Gasteiger partial charge on any atom is 0.140 e. The fraction of sp³-hybridized carbons (Fsp3) is 0.364. The van der Waals surface area contributed by atoms with Crippen LogP contribution in [-0.2, 0) is 0 Å². The number of halogens is 2. The number of H-pyrrole nitrogens is 1. The van der Waals surface area contributed by atoms with Crippen LogP contribution < -0.4 is 0 Å². The van der Waals surface area contributed by atoms with Crippen LogP contribution in [0.2, 0.25) is 0 Å². The summed E-state index contributed by atoms with van der Waals surface area (Å²) in [6.07, 6.45) is -4.36. The van der Waals surface area contributed by atoms with Crippen molar-refractivity contribution in [3.63, 3.8) is 0 Å². The Labute approximate surface area is 125 Å². The number of nitrogens with zero attached hydrogens (tertiary/aromatic N) is 1. The first-order valence-corrected chi connectivity index (χ1v) is 7.02. The fourth-order valence-corrected chi connectivity index (χ4v) is 2.32. The lowest BCUT2D eigenvalue weighted by atomic mass is 10.1. The third-order valence-corrected chi connectivity index (χ3v) is 4.57. The van der Waals surface area contributed by atoms with Gasteiger partial charge in [0, 0.05) is 8.95 Å². The highest BCUT2D eigenvalue weighted by atomic mass is 79.9. The second kappa shape index (κ2) is 5.86. The summed E-state index contributed by atoms with van der Waals surface area (Å²) in [7, 11) is 0. The van der Waals surface area contributed by atoms with Crippen molar-refractivity contribution in [2.24, 2.45) is 0 Å². The molecule has 6 nitrogen and oxygen atoms in total. The van der Waals surface area contributed by atoms with Gasteiger partial charge in [-0.2, -0.15) is 0 Å². The number of aromatic nitrogens is 2. The highest BCUT2D eigenvalue weighted by Gasteiger charge is 2.27. The summed E-state index contributed by atoms with van der Waals surface area (Å²) in [5.41, 5.74) is 1.28. The van der Waals surface area contributed by atoms with Crippen molar-refractivity contribution < 1.29 is 20.4 Å². The minimum Gasteiger partial charge on any atom is -0.394 e. The summed E-state index contributed by atoms with van der Waals surface area (Å²) >= 11 is 6.69. The van der Waals surface area contributed by atoms with Crippen molar-refractivity contribution in [3.05, 3.63) is 26.9 Å². The van der Waals surface area contributed by atoms with Crippen LogP contribution >= 0.6 is 31.9 Å². The number of rotatable bonds is 4. The molecule has 1 aromatic carbocycles. The van der Waals surface area contributed by atoms with Crippen LogP contribution in [0.1, 0.15) is 11.9 Å². The molecule has 3 atom stereocenters. The highest BCUT2D eigenvalue weighted by Crippen LogP contribution is 2.29. The molecule has 1 aromatic heterocycles. The molecule has 19 heavy (non-hydrogen) atoms. The lowest BCUT2D eigenvalue weighted by molar-refractivity contribution is -0.0800. The van der Waals surface area contributed by atoms with Gasteiger partial charge in [0.15, 0.2) is 0 Å². The summed E-state index contributed by atoms with van der Waals surface area (Å²) in [5.74, 6) is 0.125. The van der Waals surface area contributed by atoms with Gasteiger partial charge in [0.05, 0.1) is 17.6 Å². The van der Waals surface area contributed by atoms with Gasteiger partial charge in [-0.05, 0) is 44.0 Å². The minimum atomic E-state index is -1.52. The van der Waals surface area contributed by atoms with E-state index in [1.54, 1.807) is 12.1 Å². The van der Waals surface area contributed by atoms with E-state index in [-0.39, 0.29) is 5.82 Å². The number of aliphatic hydroxyl groups is 4. The number of fused-ring (bicyclic) bond motifs is 1. The molecular weight excluding hydrogens is 384 g/mol. The van der Waals surface area contributed by atoms with E-state index >= 15 is 0 Å². The number of aliphatic hydroxyl groups excluding tert-OH is 4. The molecule has 0 unspecified atom stereocenters. The predicted molar refractivity (Wildman–Crippen MR) is 75.6 cm³/mol. The molecule has 0 aliphatic rings. The standard InChI is InChI=1S/C11H12Br2N2O4/c12-4-1-6-7(2-5(4)13)15-11(14-6)10(19)9(18)8(17)3-16/h1-2,8-10,16-19H,3H2,(H,14,15)/t8-,9-,10+/m1/s1. The van der Waals surface area contributed by atoms with Crippen LogP contribution in [0.4, 0.5) is 0 Å². The third-order valence-electron chi connectivity index (χ3n) is 2.73. The minimum absolute atomic E-state index is 0.125. The molecule has 0 radical (unpaired) electrons. The van der Waals surface area contributed by atoms with Crippen molar-refractivity contribution in [1.29, 1.82) is 0 Å². The molecule has 0 saturated carbocycles. The Hall–Kier alpha value is -0.510. The van der Waals surface area contributed by atoms with E-state index in [2.05, 4.69) is 41.8 Å². The van der Waals surface area contributed by atoms with Crippen LogP contribution in [0, 0.1) is 0 Å². The summed E-state index contributed by atoms with van der Waals surface area (Å²) in [5, 5.41) is 37.6. The van der Waals surface area contributed by atoms with Crippen LogP contribution in [0.15, 0.2) is 21.1 Å². The van der Waals surface area contributed by atoms with E-state index in [1.807, 2.05) is 0 Å². The van der Waals surface area contributed by atoms with Gasteiger partial charge >= 0.3 is 0 Å². The number of hydrogen-bond donors (Lipinski definition) is 5. The summed E-state index contributed by atoms with van der Waals surface area (Å²) < 4.78 is 1.63. The quantitative estimate of drug-likeness (QED) is 0.526. The molecule has 0 saturated heterocycles. The second-order valence-corrected chi connectivity index (χ2v) is 5.80. The Morgan fingerprint density at radius 2 is 1.79 bits per heavy atom. The molecule has 8 heteroatoms. The maximum absolute atomic E-state index is 9.89. The fourth-order valence-electron chi connectivity index (χ4n) is 1.64. The van der Waals surface area contributed by atoms with Crippen LogP contribution in [0.3, 0.4) is 0 Å². The average molecular weight is 396 g/mol. The van der Waals surface area contributed by atoms with Gasteiger partial charge in [0.25, 0.3) is 0 Å². The molecular formula is C11H12Br2N2O4. The Morgan fingerprint density at radius 1 is 1.16 bits per heavy atom. The van der Waals surface area contributed by atoms with Gasteiger partial charge in [-0.1, -0.05) is 0 Å². The topological polar surface area (TPSA) is 110 Å². The van der Waals surface area contributed by atoms with Gasteiger partial charge in [-0.25, -0.2) is 4.98 Å². The van der Waals surface area contributed by atoms with Gasteiger partial charge in [-0.3, -0.25) is 0 Å². The zero-order valence-corrected chi connectivity index (χ0v) is 12.8. The number of nitrogens with one attached hydrogen (secondary N) is 1. The zero-order valence-electron chi connectivity index (χ0n) is 9.59. The van der Waals surface area contributed by atoms with Crippen molar-refractivity contribution in [2.45, 2.75) is 18.3 Å². The van der Waals surface area contributed by atoms with Crippen molar-refractivity contribution >= 4 is 42.9 Å². The number of hydrogen-bond acceptors (Lipinski definition) is 5. The van der Waals surface area contributed by atoms with E-state index in [0.717, 1.165) is 8.95 Å². The van der Waals surface area contributed by atoms with Crippen LogP contribution in [-0.4, -0.2) is 49.2 Å². The molecule has 0 bridgehead atoms. The average Bonchev–Trinajstić information content (AvgIpc) is 2.79. The smallest absolute Gasteiger partial charge is 0.140 e. The van der Waals surface area contributed by atoms with E-state index in [1.165, 1.54) is 0 Å². The van der Waals surface area contributed by atoms with E-state index < -0.39 is 24.9 Å². The van der Waals surface area contributed by atoms with Crippen molar-refractivity contribution in [3.8, 4) is 0 Å². The van der Waals surface area contributed by atoms with Crippen molar-refractivity contribution in [2.75, 3.05) is 6.61 Å². The molecule has 0 aliphatic heterocycles. The highest BCUT2D eigenvalue weighted by molar-refractivity contribution is 9.13. The van der Waals surface area contributed by atoms with Gasteiger partial charge < -0.3 is 25.4 Å². The number of aromatic amines is 1. The molecule has 1 heterocycles. The van der Waals surface area contributed by atoms with E-state index in [4.69, 9.17) is 5.11 Å². The first-order valence-electron chi connectivity index (χ1n) is 5.43. The molecule has 2 rings (SSSR count). The van der Waals surface area contributed by atoms with Gasteiger partial charge in [0.2, 0.25) is 0 Å². The Bertz CT molecular complexity index is 550. The SMILES string of the molecule is OC[C@@H](O)[C@@H](O)[C@H](O)c1nc2cc(Br)c(Br)cc2[nH]1. The summed E-state index contributed by atoms with van der Waals surface area (Å²) in [4.78, 5) is 7.00. The normalized spacial score (nSPS) is 16.5. The summed E-state index contributed by atoms with van der Waals surface area (Å²) in [6, 6.07) is 3.53. The first kappa shape index (κ1) is 14.9. The van der Waals surface area contributed by atoms with E-state index in [9.17, 15) is 15.3 Å². The second-order valence-electron chi connectivity index (χ2n) is 4.09. The lowest BCUT2D eigenvalue weighted by Crippen LogP contribution is -2.35. The monoisotopic (exact) mass is 394 g/mol. The van der Waals surface area contributed by atoms with Crippen molar-refractivity contribution in [1.82, 2.24) is 9.97 Å². The lowest BCUT2D eigenvalue weighted by Gasteiger charge is -2.19. The Morgan fingerprint density at radius 3 is 2.42 bits per heavy atom. The zero-order chi connectivity index (χ0) is 14.2. The van der Waals surface area contributed by atoms with Gasteiger partial charge in [0.1, 0.15) is 24.1 Å². The van der Waals surface area contributed by atoms with E-state index in [0.29, 0.717) is 11.0 Å². The third kappa shape index (κ3) is 2.99. The largest absolute Gasteiger partial charge is 0.394 e. The Balaban J connectivity index is 2.35. The molecule has 5 N–H and O–H groups in total. The summed E-state index contributed by atoms with van der Waals surface area (Å²) in [6.45, 7) is -0.643. The molecule has 0 aliphatic carbocycles. The molecule has 104 valence electrons. The molecule has 0 spiro atoms. The molecule has 2 aromatic rings. The van der Waals surface area contributed by atoms with Gasteiger partial charge in [-0.15, -0.1) is 0 Å². The van der Waals surface area contributed by atoms with Crippen LogP contribution in [0.5, 0.6) is 0 Å². The molecule has 0 fully saturated rings. The predicted octanol–water partition coefficient (Wildman–Crippen LogP) is 0.835. The number of imidazole rings is 1. The Kier molecular flexibility index (Phi) is 4.59. The number of benzene rings is 1. The first-order chi connectivity index (χ1) is 8.93. The maximum atomic E-state index is 9.89. The van der Waals surface area contributed by atoms with Crippen LogP contribution in [0.25, 0.3) is 11.0 Å². The molecule has 0 amide bonds.